The summed E-state index contributed by atoms with van der Waals surface area (Å²) in [5.74, 6) is 0.835. The second-order valence-electron chi connectivity index (χ2n) is 3.65. The van der Waals surface area contributed by atoms with Crippen molar-refractivity contribution in [1.29, 1.82) is 0 Å². The summed E-state index contributed by atoms with van der Waals surface area (Å²) >= 11 is 0. The molecular weight excluding hydrogens is 214 g/mol. The highest BCUT2D eigenvalue weighted by atomic mass is 15.1. The summed E-state index contributed by atoms with van der Waals surface area (Å²) in [7, 11) is 0. The summed E-state index contributed by atoms with van der Waals surface area (Å²) in [5.41, 5.74) is 2.71. The molecule has 3 heterocycles. The first-order valence-electron chi connectivity index (χ1n) is 5.34. The molecule has 0 saturated carbocycles. The number of fused-ring (bicyclic) bond motifs is 1. The van der Waals surface area contributed by atoms with Crippen LogP contribution in [0, 0.1) is 0 Å². The topological polar surface area (TPSA) is 58.9 Å². The molecule has 0 spiro atoms. The maximum absolute atomic E-state index is 4.58. The molecule has 3 rings (SSSR count). The minimum absolute atomic E-state index is 0.835. The fourth-order valence-electron chi connectivity index (χ4n) is 1.77. The molecule has 0 unspecified atom stereocenters. The van der Waals surface area contributed by atoms with Crippen LogP contribution in [-0.4, -0.2) is 24.6 Å². The molecule has 3 aromatic heterocycles. The van der Waals surface area contributed by atoms with Gasteiger partial charge in [0.1, 0.15) is 11.5 Å². The summed E-state index contributed by atoms with van der Waals surface area (Å²) < 4.78 is 1.94. The standard InChI is InChI=1S/C12H11N5/c1-2-3-10-6-11-13-4-5-17(11)12(16-10)9-7-14-15-8-9/h2-8H,1H3,(H,14,15). The van der Waals surface area contributed by atoms with Crippen molar-refractivity contribution in [1.82, 2.24) is 24.6 Å². The van der Waals surface area contributed by atoms with Gasteiger partial charge in [0.15, 0.2) is 0 Å². The van der Waals surface area contributed by atoms with Gasteiger partial charge in [-0.15, -0.1) is 0 Å². The van der Waals surface area contributed by atoms with Crippen LogP contribution in [0.4, 0.5) is 0 Å². The lowest BCUT2D eigenvalue weighted by Gasteiger charge is -2.03. The van der Waals surface area contributed by atoms with Crippen molar-refractivity contribution in [3.63, 3.8) is 0 Å². The number of nitrogens with zero attached hydrogens (tertiary/aromatic N) is 4. The van der Waals surface area contributed by atoms with E-state index >= 15 is 0 Å². The third kappa shape index (κ3) is 1.61. The second kappa shape index (κ2) is 3.86. The normalized spacial score (nSPS) is 11.6. The number of hydrogen-bond acceptors (Lipinski definition) is 3. The summed E-state index contributed by atoms with van der Waals surface area (Å²) in [6, 6.07) is 1.95. The fraction of sp³-hybridized carbons (Fsp3) is 0.0833. The Morgan fingerprint density at radius 2 is 2.35 bits per heavy atom. The van der Waals surface area contributed by atoms with Crippen LogP contribution in [0.15, 0.2) is 36.9 Å². The van der Waals surface area contributed by atoms with Crippen LogP contribution in [0.2, 0.25) is 0 Å². The zero-order chi connectivity index (χ0) is 11.7. The monoisotopic (exact) mass is 225 g/mol. The van der Waals surface area contributed by atoms with E-state index in [1.54, 1.807) is 12.4 Å². The molecular formula is C12H11N5. The molecule has 5 heteroatoms. The van der Waals surface area contributed by atoms with Gasteiger partial charge in [-0.3, -0.25) is 9.50 Å². The minimum Gasteiger partial charge on any atom is -0.285 e. The van der Waals surface area contributed by atoms with Gasteiger partial charge in [0.2, 0.25) is 0 Å². The van der Waals surface area contributed by atoms with E-state index in [1.807, 2.05) is 41.9 Å². The van der Waals surface area contributed by atoms with Crippen LogP contribution < -0.4 is 0 Å². The lowest BCUT2D eigenvalue weighted by Crippen LogP contribution is -1.96. The highest BCUT2D eigenvalue weighted by Crippen LogP contribution is 2.18. The predicted molar refractivity (Wildman–Crippen MR) is 65.3 cm³/mol. The van der Waals surface area contributed by atoms with Crippen molar-refractivity contribution in [2.45, 2.75) is 6.92 Å². The quantitative estimate of drug-likeness (QED) is 0.727. The molecule has 0 aliphatic heterocycles. The number of rotatable bonds is 2. The zero-order valence-corrected chi connectivity index (χ0v) is 9.33. The SMILES string of the molecule is CC=Cc1cc2nccn2c(-c2cn[nH]c2)n1. The summed E-state index contributed by atoms with van der Waals surface area (Å²) in [6.07, 6.45) is 11.1. The Labute approximate surface area is 97.8 Å². The Hall–Kier alpha value is -2.43. The lowest BCUT2D eigenvalue weighted by molar-refractivity contribution is 1.09. The van der Waals surface area contributed by atoms with Crippen molar-refractivity contribution in [2.24, 2.45) is 0 Å². The van der Waals surface area contributed by atoms with Gasteiger partial charge in [-0.05, 0) is 13.0 Å². The van der Waals surface area contributed by atoms with Crippen molar-refractivity contribution in [2.75, 3.05) is 0 Å². The molecule has 0 saturated heterocycles. The zero-order valence-electron chi connectivity index (χ0n) is 9.33. The lowest BCUT2D eigenvalue weighted by atomic mass is 10.3. The molecule has 0 aromatic carbocycles. The Bertz CT molecular complexity index is 663. The highest BCUT2D eigenvalue weighted by molar-refractivity contribution is 5.62. The first kappa shape index (κ1) is 9.77. The molecule has 1 N–H and O–H groups in total. The largest absolute Gasteiger partial charge is 0.285 e. The van der Waals surface area contributed by atoms with Crippen molar-refractivity contribution in [3.05, 3.63) is 42.6 Å². The van der Waals surface area contributed by atoms with E-state index in [2.05, 4.69) is 20.2 Å². The first-order chi connectivity index (χ1) is 8.38. The fourth-order valence-corrected chi connectivity index (χ4v) is 1.77. The second-order valence-corrected chi connectivity index (χ2v) is 3.65. The van der Waals surface area contributed by atoms with Gasteiger partial charge in [-0.2, -0.15) is 5.10 Å². The molecule has 0 amide bonds. The predicted octanol–water partition coefficient (Wildman–Crippen LogP) is 2.15. The molecule has 5 nitrogen and oxygen atoms in total. The van der Waals surface area contributed by atoms with E-state index in [4.69, 9.17) is 0 Å². The van der Waals surface area contributed by atoms with Crippen molar-refractivity contribution in [3.8, 4) is 11.4 Å². The molecule has 0 fully saturated rings. The third-order valence-corrected chi connectivity index (χ3v) is 2.50. The number of nitrogens with one attached hydrogen (secondary N) is 1. The average molecular weight is 225 g/mol. The van der Waals surface area contributed by atoms with Crippen LogP contribution in [0.5, 0.6) is 0 Å². The van der Waals surface area contributed by atoms with E-state index in [0.717, 1.165) is 22.7 Å². The molecule has 0 aliphatic rings. The van der Waals surface area contributed by atoms with Gasteiger partial charge in [-0.25, -0.2) is 9.97 Å². The molecule has 0 radical (unpaired) electrons. The van der Waals surface area contributed by atoms with Crippen LogP contribution >= 0.6 is 0 Å². The molecule has 3 aromatic rings. The number of imidazole rings is 1. The number of allylic oxidation sites excluding steroid dienone is 1. The van der Waals surface area contributed by atoms with E-state index in [0.29, 0.717) is 0 Å². The summed E-state index contributed by atoms with van der Waals surface area (Å²) in [6.45, 7) is 1.97. The summed E-state index contributed by atoms with van der Waals surface area (Å²) in [5, 5.41) is 6.74. The highest BCUT2D eigenvalue weighted by Gasteiger charge is 2.08. The van der Waals surface area contributed by atoms with Gasteiger partial charge < -0.3 is 0 Å². The van der Waals surface area contributed by atoms with Crippen LogP contribution in [0.1, 0.15) is 12.6 Å². The smallest absolute Gasteiger partial charge is 0.149 e. The Balaban J connectivity index is 2.31. The van der Waals surface area contributed by atoms with Gasteiger partial charge in [0, 0.05) is 24.7 Å². The van der Waals surface area contributed by atoms with Crippen molar-refractivity contribution < 1.29 is 0 Å². The van der Waals surface area contributed by atoms with Gasteiger partial charge in [-0.1, -0.05) is 6.08 Å². The van der Waals surface area contributed by atoms with Crippen LogP contribution in [0.25, 0.3) is 23.1 Å². The third-order valence-electron chi connectivity index (χ3n) is 2.50. The first-order valence-corrected chi connectivity index (χ1v) is 5.34. The summed E-state index contributed by atoms with van der Waals surface area (Å²) in [4.78, 5) is 8.87. The molecule has 0 atom stereocenters. The molecule has 0 bridgehead atoms. The number of H-pyrrole nitrogens is 1. The van der Waals surface area contributed by atoms with Gasteiger partial charge in [0.05, 0.1) is 17.5 Å². The Morgan fingerprint density at radius 3 is 3.12 bits per heavy atom. The van der Waals surface area contributed by atoms with E-state index < -0.39 is 0 Å². The Kier molecular flexibility index (Phi) is 2.22. The van der Waals surface area contributed by atoms with Crippen molar-refractivity contribution >= 4 is 11.7 Å². The number of aromatic amines is 1. The number of aromatic nitrogens is 5. The van der Waals surface area contributed by atoms with E-state index in [1.165, 1.54) is 0 Å². The van der Waals surface area contributed by atoms with E-state index in [9.17, 15) is 0 Å². The Morgan fingerprint density at radius 1 is 1.41 bits per heavy atom. The van der Waals surface area contributed by atoms with Crippen LogP contribution in [0.3, 0.4) is 0 Å². The van der Waals surface area contributed by atoms with Gasteiger partial charge in [0.25, 0.3) is 0 Å². The maximum Gasteiger partial charge on any atom is 0.149 e. The molecule has 17 heavy (non-hydrogen) atoms. The minimum atomic E-state index is 0.835. The van der Waals surface area contributed by atoms with Gasteiger partial charge >= 0.3 is 0 Å². The van der Waals surface area contributed by atoms with E-state index in [-0.39, 0.29) is 0 Å². The average Bonchev–Trinajstić information content (AvgIpc) is 2.99. The molecule has 0 aliphatic carbocycles. The molecule has 84 valence electrons. The van der Waals surface area contributed by atoms with Crippen LogP contribution in [-0.2, 0) is 0 Å². The number of hydrogen-bond donors (Lipinski definition) is 1. The maximum atomic E-state index is 4.58.